The van der Waals surface area contributed by atoms with Gasteiger partial charge in [0.2, 0.25) is 0 Å². The maximum absolute atomic E-state index is 11.4. The molecule has 0 atom stereocenters. The van der Waals surface area contributed by atoms with E-state index in [0.29, 0.717) is 34.1 Å². The Kier molecular flexibility index (Phi) is 12.0. The number of rotatable bonds is 15. The normalized spacial score (nSPS) is 11.1. The van der Waals surface area contributed by atoms with Crippen molar-refractivity contribution in [3.63, 3.8) is 0 Å². The highest BCUT2D eigenvalue weighted by Crippen LogP contribution is 2.46. The van der Waals surface area contributed by atoms with Gasteiger partial charge in [0, 0.05) is 34.4 Å². The highest BCUT2D eigenvalue weighted by molar-refractivity contribution is 8.76. The Morgan fingerprint density at radius 1 is 0.609 bits per heavy atom. The Balaban J connectivity index is 1.64. The quantitative estimate of drug-likeness (QED) is 0.0540. The summed E-state index contributed by atoms with van der Waals surface area (Å²) in [5.74, 6) is 2.09. The van der Waals surface area contributed by atoms with E-state index in [2.05, 4.69) is 9.98 Å². The van der Waals surface area contributed by atoms with Gasteiger partial charge in [-0.05, 0) is 47.5 Å². The number of hydrogen-bond acceptors (Lipinski definition) is 12. The van der Waals surface area contributed by atoms with Gasteiger partial charge in [0.1, 0.15) is 0 Å². The average molecular weight is 663 g/mol. The maximum atomic E-state index is 11.4. The van der Waals surface area contributed by atoms with E-state index in [9.17, 15) is 20.2 Å². The predicted molar refractivity (Wildman–Crippen MR) is 180 cm³/mol. The fourth-order valence-corrected chi connectivity index (χ4v) is 6.73. The first kappa shape index (κ1) is 33.8. The summed E-state index contributed by atoms with van der Waals surface area (Å²) in [6.45, 7) is 0.433. The molecule has 0 bridgehead atoms. The standard InChI is InChI=1S/C32H30N4O8S2/c1-41-27-13-23(19-33-17-21-9-5-7-11-25(21)35(37)38)31(15-29(27)43-3)45-46-32-16-30(44-4)28(42-2)14-24(32)20-34-18-22-10-6-8-12-26(22)36(39)40/h5-18H,19-20H2,1-4H3. The van der Waals surface area contributed by atoms with Crippen molar-refractivity contribution in [3.05, 3.63) is 115 Å². The first-order chi connectivity index (χ1) is 22.3. The number of para-hydroxylation sites is 2. The zero-order valence-corrected chi connectivity index (χ0v) is 27.0. The number of nitro groups is 2. The van der Waals surface area contributed by atoms with Gasteiger partial charge in [-0.25, -0.2) is 0 Å². The molecule has 0 saturated heterocycles. The smallest absolute Gasteiger partial charge is 0.278 e. The van der Waals surface area contributed by atoms with E-state index < -0.39 is 9.85 Å². The van der Waals surface area contributed by atoms with E-state index in [1.54, 1.807) is 64.8 Å². The largest absolute Gasteiger partial charge is 0.493 e. The van der Waals surface area contributed by atoms with Crippen LogP contribution in [0.15, 0.2) is 92.6 Å². The van der Waals surface area contributed by atoms with Crippen LogP contribution in [-0.2, 0) is 13.1 Å². The summed E-state index contributed by atoms with van der Waals surface area (Å²) in [5, 5.41) is 22.9. The molecular formula is C32H30N4O8S2. The molecule has 4 rings (SSSR count). The Morgan fingerprint density at radius 2 is 0.957 bits per heavy atom. The van der Waals surface area contributed by atoms with Crippen LogP contribution in [0, 0.1) is 20.2 Å². The molecule has 0 fully saturated rings. The van der Waals surface area contributed by atoms with Crippen molar-refractivity contribution in [1.29, 1.82) is 0 Å². The van der Waals surface area contributed by atoms with Crippen LogP contribution < -0.4 is 18.9 Å². The minimum atomic E-state index is -0.443. The lowest BCUT2D eigenvalue weighted by Gasteiger charge is -2.16. The predicted octanol–water partition coefficient (Wildman–Crippen LogP) is 7.58. The van der Waals surface area contributed by atoms with E-state index in [1.165, 1.54) is 46.1 Å². The number of nitrogens with zero attached hydrogens (tertiary/aromatic N) is 4. The molecule has 0 aromatic heterocycles. The van der Waals surface area contributed by atoms with Gasteiger partial charge in [0.15, 0.2) is 23.0 Å². The lowest BCUT2D eigenvalue weighted by atomic mass is 10.2. The van der Waals surface area contributed by atoms with Gasteiger partial charge in [-0.2, -0.15) is 0 Å². The van der Waals surface area contributed by atoms with Crippen LogP contribution in [0.3, 0.4) is 0 Å². The summed E-state index contributed by atoms with van der Waals surface area (Å²) in [7, 11) is 9.08. The summed E-state index contributed by atoms with van der Waals surface area (Å²) in [4.78, 5) is 32.6. The summed E-state index contributed by atoms with van der Waals surface area (Å²) in [5.41, 5.74) is 2.34. The Morgan fingerprint density at radius 3 is 1.30 bits per heavy atom. The summed E-state index contributed by atoms with van der Waals surface area (Å²) in [6, 6.07) is 20.1. The molecule has 0 aliphatic rings. The highest BCUT2D eigenvalue weighted by Gasteiger charge is 2.17. The van der Waals surface area contributed by atoms with Gasteiger partial charge in [-0.1, -0.05) is 45.9 Å². The zero-order valence-electron chi connectivity index (χ0n) is 25.4. The molecular weight excluding hydrogens is 633 g/mol. The van der Waals surface area contributed by atoms with Crippen molar-refractivity contribution in [2.45, 2.75) is 22.9 Å². The molecule has 0 N–H and O–H groups in total. The molecule has 0 aliphatic heterocycles. The third kappa shape index (κ3) is 8.34. The molecule has 4 aromatic rings. The van der Waals surface area contributed by atoms with Crippen molar-refractivity contribution in [1.82, 2.24) is 0 Å². The Labute approximate surface area is 273 Å². The van der Waals surface area contributed by atoms with E-state index in [-0.39, 0.29) is 24.5 Å². The molecule has 0 unspecified atom stereocenters. The highest BCUT2D eigenvalue weighted by atomic mass is 33.1. The van der Waals surface area contributed by atoms with E-state index in [0.717, 1.165) is 20.9 Å². The van der Waals surface area contributed by atoms with Crippen LogP contribution in [-0.4, -0.2) is 50.7 Å². The van der Waals surface area contributed by atoms with Crippen molar-refractivity contribution < 1.29 is 28.8 Å². The molecule has 0 saturated carbocycles. The molecule has 238 valence electrons. The second kappa shape index (κ2) is 16.3. The average Bonchev–Trinajstić information content (AvgIpc) is 3.07. The molecule has 46 heavy (non-hydrogen) atoms. The molecule has 14 heteroatoms. The summed E-state index contributed by atoms with van der Waals surface area (Å²) in [6.07, 6.45) is 2.97. The molecule has 4 aromatic carbocycles. The van der Waals surface area contributed by atoms with Gasteiger partial charge < -0.3 is 18.9 Å². The monoisotopic (exact) mass is 662 g/mol. The topological polar surface area (TPSA) is 148 Å². The lowest BCUT2D eigenvalue weighted by molar-refractivity contribution is -0.385. The van der Waals surface area contributed by atoms with Crippen LogP contribution in [0.4, 0.5) is 11.4 Å². The van der Waals surface area contributed by atoms with E-state index in [1.807, 2.05) is 24.3 Å². The Hall–Kier alpha value is -5.08. The van der Waals surface area contributed by atoms with Crippen LogP contribution >= 0.6 is 21.6 Å². The number of methoxy groups -OCH3 is 4. The minimum Gasteiger partial charge on any atom is -0.493 e. The van der Waals surface area contributed by atoms with Crippen LogP contribution in [0.25, 0.3) is 0 Å². The maximum Gasteiger partial charge on any atom is 0.278 e. The minimum absolute atomic E-state index is 0.0331. The molecule has 0 radical (unpaired) electrons. The molecule has 0 heterocycles. The number of nitro benzene ring substituents is 2. The fraction of sp³-hybridized carbons (Fsp3) is 0.188. The van der Waals surface area contributed by atoms with Crippen molar-refractivity contribution in [2.24, 2.45) is 9.98 Å². The van der Waals surface area contributed by atoms with Crippen LogP contribution in [0.5, 0.6) is 23.0 Å². The number of benzene rings is 4. The molecule has 12 nitrogen and oxygen atoms in total. The van der Waals surface area contributed by atoms with Gasteiger partial charge in [0.25, 0.3) is 11.4 Å². The molecule has 0 aliphatic carbocycles. The van der Waals surface area contributed by atoms with Crippen LogP contribution in [0.1, 0.15) is 22.3 Å². The van der Waals surface area contributed by atoms with Crippen LogP contribution in [0.2, 0.25) is 0 Å². The molecule has 0 amide bonds. The fourth-order valence-electron chi connectivity index (χ4n) is 4.31. The Bertz CT molecular complexity index is 1650. The van der Waals surface area contributed by atoms with Crippen molar-refractivity contribution in [2.75, 3.05) is 28.4 Å². The summed E-state index contributed by atoms with van der Waals surface area (Å²) < 4.78 is 22.1. The summed E-state index contributed by atoms with van der Waals surface area (Å²) >= 11 is 0. The molecule has 0 spiro atoms. The zero-order chi connectivity index (χ0) is 33.1. The van der Waals surface area contributed by atoms with E-state index >= 15 is 0 Å². The van der Waals surface area contributed by atoms with Crippen molar-refractivity contribution in [3.8, 4) is 23.0 Å². The van der Waals surface area contributed by atoms with Crippen molar-refractivity contribution >= 4 is 45.4 Å². The second-order valence-corrected chi connectivity index (χ2v) is 11.6. The van der Waals surface area contributed by atoms with Gasteiger partial charge in [0.05, 0.1) is 62.5 Å². The third-order valence-corrected chi connectivity index (χ3v) is 9.14. The third-order valence-electron chi connectivity index (χ3n) is 6.61. The van der Waals surface area contributed by atoms with E-state index in [4.69, 9.17) is 18.9 Å². The lowest BCUT2D eigenvalue weighted by Crippen LogP contribution is -1.97. The van der Waals surface area contributed by atoms with Gasteiger partial charge >= 0.3 is 0 Å². The van der Waals surface area contributed by atoms with Gasteiger partial charge in [-0.3, -0.25) is 30.2 Å². The number of ether oxygens (including phenoxy) is 4. The first-order valence-corrected chi connectivity index (χ1v) is 15.7. The first-order valence-electron chi connectivity index (χ1n) is 13.6. The second-order valence-electron chi connectivity index (χ2n) is 9.37. The SMILES string of the molecule is COc1cc(CN=Cc2ccccc2[N+](=O)[O-])c(SSc2cc(OC)c(OC)cc2CN=Cc2ccccc2[N+](=O)[O-])cc1OC. The number of aliphatic imine (C=N–C) groups is 2. The number of hydrogen-bond donors (Lipinski definition) is 0. The van der Waals surface area contributed by atoms with Gasteiger partial charge in [-0.15, -0.1) is 0 Å².